The first kappa shape index (κ1) is 14.4. The van der Waals surface area contributed by atoms with Gasteiger partial charge < -0.3 is 4.74 Å². The summed E-state index contributed by atoms with van der Waals surface area (Å²) in [5.41, 5.74) is 2.61. The van der Waals surface area contributed by atoms with Crippen molar-refractivity contribution in [2.75, 3.05) is 12.4 Å². The molecule has 0 spiro atoms. The summed E-state index contributed by atoms with van der Waals surface area (Å²) in [7, 11) is 0. The Morgan fingerprint density at radius 3 is 2.55 bits per heavy atom. The van der Waals surface area contributed by atoms with Gasteiger partial charge in [-0.2, -0.15) is 0 Å². The Morgan fingerprint density at radius 1 is 1.10 bits per heavy atom. The number of benzene rings is 2. The van der Waals surface area contributed by atoms with E-state index in [0.29, 0.717) is 6.61 Å². The van der Waals surface area contributed by atoms with Gasteiger partial charge in [0.2, 0.25) is 0 Å². The molecule has 0 aliphatic heterocycles. The fraction of sp³-hybridized carbons (Fsp3) is 0.133. The molecular formula is C15H16N2O2S. The summed E-state index contributed by atoms with van der Waals surface area (Å²) in [6, 6.07) is 17.6. The van der Waals surface area contributed by atoms with Crippen molar-refractivity contribution in [1.82, 2.24) is 5.48 Å². The van der Waals surface area contributed by atoms with Crippen LogP contribution in [0.3, 0.4) is 0 Å². The smallest absolute Gasteiger partial charge is 0.119 e. The molecule has 20 heavy (non-hydrogen) atoms. The molecule has 104 valence electrons. The molecule has 4 nitrogen and oxygen atoms in total. The Kier molecular flexibility index (Phi) is 5.95. The van der Waals surface area contributed by atoms with Gasteiger partial charge in [-0.25, -0.2) is 4.99 Å². The minimum absolute atomic E-state index is 0.653. The maximum Gasteiger partial charge on any atom is 0.119 e. The number of thioether (sulfide) groups is 1. The van der Waals surface area contributed by atoms with Crippen LogP contribution < -0.4 is 10.2 Å². The third-order valence-electron chi connectivity index (χ3n) is 2.47. The minimum atomic E-state index is 0.653. The van der Waals surface area contributed by atoms with Crippen molar-refractivity contribution in [3.8, 4) is 5.75 Å². The summed E-state index contributed by atoms with van der Waals surface area (Å²) in [4.78, 5) is 5.20. The Morgan fingerprint density at radius 2 is 1.85 bits per heavy atom. The van der Waals surface area contributed by atoms with E-state index in [2.05, 4.69) is 17.1 Å². The molecule has 0 heterocycles. The maximum atomic E-state index is 8.39. The molecule has 0 bridgehead atoms. The number of ether oxygens (including phenoxy) is 1. The third kappa shape index (κ3) is 4.95. The lowest BCUT2D eigenvalue weighted by molar-refractivity contribution is 0.240. The van der Waals surface area contributed by atoms with Crippen molar-refractivity contribution in [1.29, 1.82) is 0 Å². The number of hydroxylamine groups is 1. The van der Waals surface area contributed by atoms with Crippen LogP contribution in [0.4, 0.5) is 5.69 Å². The van der Waals surface area contributed by atoms with Crippen molar-refractivity contribution in [3.63, 3.8) is 0 Å². The topological polar surface area (TPSA) is 53.8 Å². The van der Waals surface area contributed by atoms with Gasteiger partial charge in [-0.05, 0) is 36.4 Å². The quantitative estimate of drug-likeness (QED) is 0.269. The largest absolute Gasteiger partial charge is 0.493 e. The van der Waals surface area contributed by atoms with Crippen molar-refractivity contribution >= 4 is 23.8 Å². The lowest BCUT2D eigenvalue weighted by atomic mass is 10.3. The zero-order chi connectivity index (χ0) is 14.0. The van der Waals surface area contributed by atoms with Gasteiger partial charge in [-0.15, -0.1) is 11.8 Å². The van der Waals surface area contributed by atoms with E-state index in [0.717, 1.165) is 17.2 Å². The zero-order valence-electron chi connectivity index (χ0n) is 10.9. The monoisotopic (exact) mass is 288 g/mol. The van der Waals surface area contributed by atoms with Crippen LogP contribution in [0.15, 0.2) is 64.5 Å². The number of hydrogen-bond acceptors (Lipinski definition) is 4. The van der Waals surface area contributed by atoms with Crippen LogP contribution in [0.25, 0.3) is 0 Å². The van der Waals surface area contributed by atoms with E-state index in [-0.39, 0.29) is 0 Å². The van der Waals surface area contributed by atoms with Gasteiger partial charge >= 0.3 is 0 Å². The molecule has 0 unspecified atom stereocenters. The van der Waals surface area contributed by atoms with Crippen LogP contribution in [0.5, 0.6) is 5.75 Å². The first-order valence-corrected chi connectivity index (χ1v) is 7.20. The molecule has 2 aromatic carbocycles. The number of hydrogen-bond donors (Lipinski definition) is 2. The molecule has 2 aromatic rings. The molecule has 2 N–H and O–H groups in total. The Hall–Kier alpha value is -1.98. The molecule has 0 aliphatic rings. The van der Waals surface area contributed by atoms with E-state index in [1.54, 1.807) is 11.8 Å². The average Bonchev–Trinajstić information content (AvgIpc) is 2.52. The average molecular weight is 288 g/mol. The van der Waals surface area contributed by atoms with E-state index < -0.39 is 0 Å². The number of aliphatic imine (C=N–C) groups is 1. The fourth-order valence-corrected chi connectivity index (χ4v) is 2.32. The highest BCUT2D eigenvalue weighted by Gasteiger charge is 1.96. The highest BCUT2D eigenvalue weighted by Crippen LogP contribution is 2.19. The maximum absolute atomic E-state index is 8.39. The molecule has 0 fully saturated rings. The van der Waals surface area contributed by atoms with Gasteiger partial charge in [0, 0.05) is 10.6 Å². The summed E-state index contributed by atoms with van der Waals surface area (Å²) in [6.07, 6.45) is 1.21. The van der Waals surface area contributed by atoms with Gasteiger partial charge in [-0.3, -0.25) is 10.7 Å². The molecule has 0 saturated heterocycles. The molecule has 0 aromatic heterocycles. The van der Waals surface area contributed by atoms with Crippen molar-refractivity contribution in [2.45, 2.75) is 4.90 Å². The molecule has 0 saturated carbocycles. The summed E-state index contributed by atoms with van der Waals surface area (Å²) < 4.78 is 5.65. The van der Waals surface area contributed by atoms with E-state index in [9.17, 15) is 0 Å². The normalized spacial score (nSPS) is 10.7. The second-order valence-corrected chi connectivity index (χ2v) is 5.06. The Bertz CT molecular complexity index is 529. The third-order valence-corrected chi connectivity index (χ3v) is 3.45. The highest BCUT2D eigenvalue weighted by atomic mass is 32.2. The van der Waals surface area contributed by atoms with Crippen LogP contribution in [-0.4, -0.2) is 23.9 Å². The van der Waals surface area contributed by atoms with Gasteiger partial charge in [0.1, 0.15) is 12.1 Å². The Labute approximate surface area is 122 Å². The SMILES string of the molecule is ONC=Nc1ccc(OCCSc2ccccc2)cc1. The molecule has 5 heteroatoms. The summed E-state index contributed by atoms with van der Waals surface area (Å²) in [5.74, 6) is 1.72. The van der Waals surface area contributed by atoms with Crippen LogP contribution in [0.2, 0.25) is 0 Å². The lowest BCUT2D eigenvalue weighted by Crippen LogP contribution is -2.01. The lowest BCUT2D eigenvalue weighted by Gasteiger charge is -2.06. The van der Waals surface area contributed by atoms with E-state index in [1.807, 2.05) is 47.9 Å². The zero-order valence-corrected chi connectivity index (χ0v) is 11.7. The predicted octanol–water partition coefficient (Wildman–Crippen LogP) is 3.50. The van der Waals surface area contributed by atoms with Crippen LogP contribution in [-0.2, 0) is 0 Å². The molecular weight excluding hydrogens is 272 g/mol. The predicted molar refractivity (Wildman–Crippen MR) is 82.2 cm³/mol. The summed E-state index contributed by atoms with van der Waals surface area (Å²) >= 11 is 1.77. The van der Waals surface area contributed by atoms with Crippen molar-refractivity contribution in [2.24, 2.45) is 4.99 Å². The fourth-order valence-electron chi connectivity index (χ4n) is 1.57. The van der Waals surface area contributed by atoms with Crippen LogP contribution in [0, 0.1) is 0 Å². The van der Waals surface area contributed by atoms with Gasteiger partial charge in [0.15, 0.2) is 0 Å². The first-order chi connectivity index (χ1) is 9.88. The molecule has 0 radical (unpaired) electrons. The summed E-state index contributed by atoms with van der Waals surface area (Å²) in [6.45, 7) is 0.653. The van der Waals surface area contributed by atoms with Gasteiger partial charge in [-0.1, -0.05) is 18.2 Å². The van der Waals surface area contributed by atoms with Crippen molar-refractivity contribution in [3.05, 3.63) is 54.6 Å². The molecule has 0 aliphatic carbocycles. The highest BCUT2D eigenvalue weighted by molar-refractivity contribution is 7.99. The van der Waals surface area contributed by atoms with E-state index >= 15 is 0 Å². The van der Waals surface area contributed by atoms with Gasteiger partial charge in [0.05, 0.1) is 12.3 Å². The number of nitrogens with one attached hydrogen (secondary N) is 1. The molecule has 2 rings (SSSR count). The Balaban J connectivity index is 1.73. The van der Waals surface area contributed by atoms with E-state index in [1.165, 1.54) is 11.2 Å². The number of nitrogens with zero attached hydrogens (tertiary/aromatic N) is 1. The second-order valence-electron chi connectivity index (χ2n) is 3.89. The van der Waals surface area contributed by atoms with E-state index in [4.69, 9.17) is 9.94 Å². The van der Waals surface area contributed by atoms with Crippen LogP contribution in [0.1, 0.15) is 0 Å². The summed E-state index contributed by atoms with van der Waals surface area (Å²) in [5, 5.41) is 8.39. The number of rotatable bonds is 7. The van der Waals surface area contributed by atoms with Gasteiger partial charge in [0.25, 0.3) is 0 Å². The van der Waals surface area contributed by atoms with Crippen LogP contribution >= 0.6 is 11.8 Å². The molecule has 0 atom stereocenters. The van der Waals surface area contributed by atoms with Crippen molar-refractivity contribution < 1.29 is 9.94 Å². The molecule has 0 amide bonds. The first-order valence-electron chi connectivity index (χ1n) is 6.21. The minimum Gasteiger partial charge on any atom is -0.493 e. The standard InChI is InChI=1S/C15H16N2O2S/c18-17-12-16-13-6-8-14(9-7-13)19-10-11-20-15-4-2-1-3-5-15/h1-9,12,18H,10-11H2,(H,16,17). The second kappa shape index (κ2) is 8.24.